The molecule has 3 heterocycles. The molecule has 4 fully saturated rings. The number of anilines is 2. The summed E-state index contributed by atoms with van der Waals surface area (Å²) < 4.78 is 5.51. The quantitative estimate of drug-likeness (QED) is 0.241. The number of nitrogen functional groups attached to an aromatic ring is 1. The van der Waals surface area contributed by atoms with Crippen LogP contribution in [0.4, 0.5) is 16.4 Å². The maximum absolute atomic E-state index is 13.6. The van der Waals surface area contributed by atoms with Crippen LogP contribution >= 0.6 is 0 Å². The molecule has 1 saturated heterocycles. The number of amides is 1. The fourth-order valence-corrected chi connectivity index (χ4v) is 13.9. The van der Waals surface area contributed by atoms with Crippen LogP contribution in [-0.4, -0.2) is 57.1 Å². The highest BCUT2D eigenvalue weighted by Gasteiger charge is 2.70. The van der Waals surface area contributed by atoms with Gasteiger partial charge in [-0.3, -0.25) is 9.89 Å². The lowest BCUT2D eigenvalue weighted by atomic mass is 9.33. The van der Waals surface area contributed by atoms with Gasteiger partial charge in [-0.05, 0) is 154 Å². The molecule has 5 aliphatic carbocycles. The zero-order chi connectivity index (χ0) is 40.4. The molecule has 10 nitrogen and oxygen atoms in total. The van der Waals surface area contributed by atoms with Crippen molar-refractivity contribution in [3.05, 3.63) is 40.7 Å². The third-order valence-corrected chi connectivity index (χ3v) is 17.0. The zero-order valence-electron chi connectivity index (χ0n) is 35.8. The van der Waals surface area contributed by atoms with Gasteiger partial charge in [-0.15, -0.1) is 0 Å². The molecule has 6 aliphatic rings. The van der Waals surface area contributed by atoms with Crippen LogP contribution in [0.2, 0.25) is 0 Å². The van der Waals surface area contributed by atoms with E-state index in [4.69, 9.17) is 20.6 Å². The highest BCUT2D eigenvalue weighted by Crippen LogP contribution is 2.77. The Bertz CT molecular complexity index is 1930. The molecular weight excluding hydrogens is 701 g/mol. The molecule has 5 N–H and O–H groups in total. The van der Waals surface area contributed by atoms with E-state index in [2.05, 4.69) is 82.1 Å². The number of aliphatic carboxylic acids is 1. The molecule has 7 unspecified atom stereocenters. The minimum Gasteiger partial charge on any atom is -0.481 e. The van der Waals surface area contributed by atoms with Crippen molar-refractivity contribution >= 4 is 29.3 Å². The number of aromatic amines is 1. The van der Waals surface area contributed by atoms with Gasteiger partial charge in [0.1, 0.15) is 17.2 Å². The second kappa shape index (κ2) is 12.7. The van der Waals surface area contributed by atoms with Crippen molar-refractivity contribution < 1.29 is 19.4 Å². The van der Waals surface area contributed by atoms with Crippen LogP contribution in [0.3, 0.4) is 0 Å². The van der Waals surface area contributed by atoms with E-state index >= 15 is 0 Å². The molecule has 1 aliphatic heterocycles. The third-order valence-electron chi connectivity index (χ3n) is 17.0. The van der Waals surface area contributed by atoms with Crippen LogP contribution < -0.4 is 16.0 Å². The monoisotopic (exact) mass is 769 g/mol. The normalized spacial score (nSPS) is 36.3. The van der Waals surface area contributed by atoms with Gasteiger partial charge in [-0.25, -0.2) is 9.78 Å². The van der Waals surface area contributed by atoms with Gasteiger partial charge in [0, 0.05) is 36.3 Å². The van der Waals surface area contributed by atoms with E-state index in [0.29, 0.717) is 17.7 Å². The summed E-state index contributed by atoms with van der Waals surface area (Å²) in [7, 11) is 0. The number of carbonyl (C=O) groups excluding carboxylic acids is 1. The van der Waals surface area contributed by atoms with Crippen LogP contribution in [0, 0.1) is 44.8 Å². The Morgan fingerprint density at radius 3 is 2.30 bits per heavy atom. The standard InChI is InChI=1S/C46H68N6O4/c1-40(2,3)56-39(55)49-28-14-21-52(22-15-28)34-12-11-27(26-48-34)29-23-33-43(8)24-30-36(50-51-37(30)47)42(6,7)32(43)13-16-44(33,9)45(10)18-20-46(38(53)54)19-17-41(4,5)25-31(46)35(29)45/h11-12,26,28,31-33H,13-25H2,1-10H3,(H,49,55)(H,53,54)(H3,47,50,51). The fourth-order valence-electron chi connectivity index (χ4n) is 13.9. The first kappa shape index (κ1) is 39.3. The molecule has 0 radical (unpaired) electrons. The highest BCUT2D eigenvalue weighted by atomic mass is 16.6. The van der Waals surface area contributed by atoms with Crippen LogP contribution in [0.1, 0.15) is 150 Å². The number of piperidine rings is 1. The Hall–Kier alpha value is -3.56. The molecule has 8 rings (SSSR count). The first-order valence-electron chi connectivity index (χ1n) is 21.6. The molecule has 2 aromatic heterocycles. The Morgan fingerprint density at radius 2 is 1.66 bits per heavy atom. The molecule has 3 saturated carbocycles. The number of nitrogens with one attached hydrogen (secondary N) is 2. The van der Waals surface area contributed by atoms with Gasteiger partial charge in [0.25, 0.3) is 0 Å². The van der Waals surface area contributed by atoms with E-state index in [0.717, 1.165) is 101 Å². The van der Waals surface area contributed by atoms with Gasteiger partial charge in [-0.2, -0.15) is 5.10 Å². The number of hydrogen-bond acceptors (Lipinski definition) is 7. The fraction of sp³-hybridized carbons (Fsp3) is 0.739. The molecule has 10 heteroatoms. The number of pyridine rings is 1. The second-order valence-corrected chi connectivity index (χ2v) is 22.1. The van der Waals surface area contributed by atoms with Crippen molar-refractivity contribution in [2.45, 2.75) is 157 Å². The van der Waals surface area contributed by atoms with Crippen LogP contribution in [-0.2, 0) is 21.4 Å². The number of carboxylic acid groups (broad SMARTS) is 1. The van der Waals surface area contributed by atoms with Crippen molar-refractivity contribution in [2.24, 2.45) is 44.8 Å². The summed E-state index contributed by atoms with van der Waals surface area (Å²) in [6.45, 7) is 24.4. The molecule has 0 bridgehead atoms. The second-order valence-electron chi connectivity index (χ2n) is 22.1. The number of ether oxygens (including phenoxy) is 1. The summed E-state index contributed by atoms with van der Waals surface area (Å²) in [6, 6.07) is 4.53. The number of hydrogen-bond donors (Lipinski definition) is 4. The van der Waals surface area contributed by atoms with Crippen molar-refractivity contribution in [3.63, 3.8) is 0 Å². The summed E-state index contributed by atoms with van der Waals surface area (Å²) in [5.74, 6) is 1.84. The topological polar surface area (TPSA) is 146 Å². The average Bonchev–Trinajstić information content (AvgIpc) is 3.47. The predicted octanol–water partition coefficient (Wildman–Crippen LogP) is 9.31. The van der Waals surface area contributed by atoms with E-state index < -0.39 is 17.0 Å². The largest absolute Gasteiger partial charge is 0.481 e. The third kappa shape index (κ3) is 5.83. The van der Waals surface area contributed by atoms with Gasteiger partial charge >= 0.3 is 12.1 Å². The minimum absolute atomic E-state index is 0.0134. The molecule has 7 atom stereocenters. The van der Waals surface area contributed by atoms with Gasteiger partial charge in [0.2, 0.25) is 0 Å². The smallest absolute Gasteiger partial charge is 0.407 e. The number of allylic oxidation sites excluding steroid dienone is 2. The lowest BCUT2D eigenvalue weighted by Gasteiger charge is -2.71. The molecule has 0 aromatic carbocycles. The maximum atomic E-state index is 13.6. The average molecular weight is 769 g/mol. The van der Waals surface area contributed by atoms with E-state index in [1.165, 1.54) is 16.7 Å². The van der Waals surface area contributed by atoms with Gasteiger partial charge in [-0.1, -0.05) is 54.0 Å². The SMILES string of the molecule is CC1(C)CCC2(C(=O)O)CCC3(C)C(=C(c4ccc(N5CCC(NC(=O)OC(C)(C)C)CC5)nc4)CC4C5(C)Cc6c(n[nH]c6N)C(C)(C)C5CCC43C)C2C1. The van der Waals surface area contributed by atoms with Crippen molar-refractivity contribution in [1.29, 1.82) is 0 Å². The first-order chi connectivity index (χ1) is 26.0. The van der Waals surface area contributed by atoms with Gasteiger partial charge in [0.15, 0.2) is 0 Å². The Kier molecular flexibility index (Phi) is 8.92. The molecular formula is C46H68N6O4. The van der Waals surface area contributed by atoms with Crippen molar-refractivity contribution in [3.8, 4) is 0 Å². The number of H-pyrrole nitrogens is 1. The summed E-state index contributed by atoms with van der Waals surface area (Å²) in [5.41, 5.74) is 11.4. The molecule has 56 heavy (non-hydrogen) atoms. The van der Waals surface area contributed by atoms with Gasteiger partial charge < -0.3 is 25.8 Å². The number of nitrogens with two attached hydrogens (primary N) is 1. The number of rotatable bonds is 4. The maximum Gasteiger partial charge on any atom is 0.407 e. The number of aromatic nitrogens is 3. The molecule has 306 valence electrons. The summed E-state index contributed by atoms with van der Waals surface area (Å²) in [4.78, 5) is 33.6. The molecule has 1 amide bonds. The summed E-state index contributed by atoms with van der Waals surface area (Å²) in [5, 5.41) is 22.2. The highest BCUT2D eigenvalue weighted by molar-refractivity contribution is 5.80. The zero-order valence-corrected chi connectivity index (χ0v) is 35.8. The lowest BCUT2D eigenvalue weighted by molar-refractivity contribution is -0.175. The van der Waals surface area contributed by atoms with Crippen molar-refractivity contribution in [2.75, 3.05) is 23.7 Å². The Morgan fingerprint density at radius 1 is 0.964 bits per heavy atom. The Balaban J connectivity index is 1.19. The summed E-state index contributed by atoms with van der Waals surface area (Å²) in [6.07, 6.45) is 11.6. The van der Waals surface area contributed by atoms with E-state index in [1.54, 1.807) is 0 Å². The van der Waals surface area contributed by atoms with Crippen LogP contribution in [0.5, 0.6) is 0 Å². The van der Waals surface area contributed by atoms with E-state index in [9.17, 15) is 14.7 Å². The van der Waals surface area contributed by atoms with E-state index in [1.807, 2.05) is 20.8 Å². The number of nitrogens with zero attached hydrogens (tertiary/aromatic N) is 3. The van der Waals surface area contributed by atoms with E-state index in [-0.39, 0.29) is 45.1 Å². The number of fused-ring (bicyclic) bond motifs is 8. The molecule has 2 aromatic rings. The summed E-state index contributed by atoms with van der Waals surface area (Å²) >= 11 is 0. The molecule has 0 spiro atoms. The van der Waals surface area contributed by atoms with Crippen molar-refractivity contribution in [1.82, 2.24) is 20.5 Å². The van der Waals surface area contributed by atoms with Crippen LogP contribution in [0.15, 0.2) is 23.9 Å². The number of carboxylic acids is 1. The first-order valence-corrected chi connectivity index (χ1v) is 21.6. The van der Waals surface area contributed by atoms with Crippen LogP contribution in [0.25, 0.3) is 5.57 Å². The number of alkyl carbamates (subject to hydrolysis) is 1. The number of carbonyl (C=O) groups is 2. The lowest BCUT2D eigenvalue weighted by Crippen LogP contribution is -2.65. The Labute approximate surface area is 334 Å². The predicted molar refractivity (Wildman–Crippen MR) is 221 cm³/mol. The minimum atomic E-state index is -0.738. The van der Waals surface area contributed by atoms with Gasteiger partial charge in [0.05, 0.1) is 11.1 Å².